The molecular formula is C27H31N3O4S. The Kier molecular flexibility index (Phi) is 6.69. The van der Waals surface area contributed by atoms with E-state index in [1.807, 2.05) is 35.6 Å². The van der Waals surface area contributed by atoms with Gasteiger partial charge in [-0.3, -0.25) is 9.69 Å². The molecule has 1 aliphatic heterocycles. The summed E-state index contributed by atoms with van der Waals surface area (Å²) < 4.78 is 12.6. The smallest absolute Gasteiger partial charge is 0.265 e. The lowest BCUT2D eigenvalue weighted by molar-refractivity contribution is 0.0408. The number of aliphatic hydroxyl groups excluding tert-OH is 1. The number of primary amides is 1. The number of H-pyrrole nitrogens is 1. The van der Waals surface area contributed by atoms with Gasteiger partial charge in [-0.2, -0.15) is 0 Å². The molecule has 3 atom stereocenters. The van der Waals surface area contributed by atoms with E-state index in [1.165, 1.54) is 15.0 Å². The van der Waals surface area contributed by atoms with Crippen molar-refractivity contribution in [2.24, 2.45) is 5.73 Å². The number of methoxy groups -OCH3 is 1. The van der Waals surface area contributed by atoms with Crippen molar-refractivity contribution in [1.29, 1.82) is 0 Å². The summed E-state index contributed by atoms with van der Waals surface area (Å²) in [6.07, 6.45) is 1.52. The predicted octanol–water partition coefficient (Wildman–Crippen LogP) is 4.50. The number of aromatic nitrogens is 1. The topological polar surface area (TPSA) is 101 Å². The molecule has 7 nitrogen and oxygen atoms in total. The Morgan fingerprint density at radius 3 is 2.91 bits per heavy atom. The lowest BCUT2D eigenvalue weighted by Gasteiger charge is -2.38. The first kappa shape index (κ1) is 23.7. The number of fused-ring (bicyclic) bond motifs is 2. The molecular weight excluding hydrogens is 462 g/mol. The number of hydrogen-bond donors (Lipinski definition) is 3. The first-order valence-corrected chi connectivity index (χ1v) is 12.8. The van der Waals surface area contributed by atoms with Gasteiger partial charge in [-0.05, 0) is 80.1 Å². The number of rotatable bonds is 8. The van der Waals surface area contributed by atoms with Crippen molar-refractivity contribution < 1.29 is 19.4 Å². The van der Waals surface area contributed by atoms with Crippen molar-refractivity contribution in [1.82, 2.24) is 9.88 Å². The zero-order valence-corrected chi connectivity index (χ0v) is 20.8. The standard InChI is InChI=1S/C27H31N3O4S/c1-16-10-18(25-11-17-6-7-20(33-2)12-26(17)35-25)8-9-30(16)14-19(31)15-34-24-5-3-4-22-21(24)13-23(29-22)27(28)32/h3-7,11-13,16,18-19,29,31H,8-10,14-15H2,1-2H3,(H2,28,32)/t16-,18+,19+/m1/s1. The molecule has 8 heteroatoms. The van der Waals surface area contributed by atoms with Crippen LogP contribution in [0.3, 0.4) is 0 Å². The average molecular weight is 494 g/mol. The molecule has 1 saturated heterocycles. The Balaban J connectivity index is 1.17. The summed E-state index contributed by atoms with van der Waals surface area (Å²) in [4.78, 5) is 18.3. The highest BCUT2D eigenvalue weighted by atomic mass is 32.1. The van der Waals surface area contributed by atoms with Gasteiger partial charge in [-0.1, -0.05) is 6.07 Å². The van der Waals surface area contributed by atoms with Gasteiger partial charge in [0.2, 0.25) is 0 Å². The number of benzene rings is 2. The summed E-state index contributed by atoms with van der Waals surface area (Å²) in [6, 6.07) is 16.2. The minimum absolute atomic E-state index is 0.182. The average Bonchev–Trinajstić information content (AvgIpc) is 3.48. The zero-order chi connectivity index (χ0) is 24.5. The summed E-state index contributed by atoms with van der Waals surface area (Å²) in [6.45, 7) is 3.92. The maximum Gasteiger partial charge on any atom is 0.265 e. The first-order chi connectivity index (χ1) is 16.9. The number of amides is 1. The number of carbonyl (C=O) groups is 1. The molecule has 2 aromatic heterocycles. The summed E-state index contributed by atoms with van der Waals surface area (Å²) in [5, 5.41) is 12.8. The summed E-state index contributed by atoms with van der Waals surface area (Å²) in [5.74, 6) is 1.54. The van der Waals surface area contributed by atoms with Crippen molar-refractivity contribution in [2.75, 3.05) is 26.8 Å². The molecule has 1 amide bonds. The Morgan fingerprint density at radius 2 is 2.14 bits per heavy atom. The molecule has 0 bridgehead atoms. The van der Waals surface area contributed by atoms with E-state index in [0.717, 1.165) is 36.0 Å². The van der Waals surface area contributed by atoms with Crippen molar-refractivity contribution in [3.63, 3.8) is 0 Å². The molecule has 5 rings (SSSR count). The Hall–Kier alpha value is -3.07. The fourth-order valence-corrected chi connectivity index (χ4v) is 6.25. The number of piperidine rings is 1. The van der Waals surface area contributed by atoms with Crippen LogP contribution in [0.1, 0.15) is 41.0 Å². The minimum Gasteiger partial charge on any atom is -0.497 e. The maximum absolute atomic E-state index is 11.5. The van der Waals surface area contributed by atoms with Crippen LogP contribution in [0.15, 0.2) is 48.5 Å². The Labute approximate surface area is 208 Å². The maximum atomic E-state index is 11.5. The number of hydrogen-bond acceptors (Lipinski definition) is 6. The van der Waals surface area contributed by atoms with Crippen molar-refractivity contribution in [2.45, 2.75) is 37.8 Å². The van der Waals surface area contributed by atoms with E-state index in [9.17, 15) is 9.90 Å². The number of nitrogens with zero attached hydrogens (tertiary/aromatic N) is 1. The van der Waals surface area contributed by atoms with E-state index in [1.54, 1.807) is 13.2 Å². The fourth-order valence-electron chi connectivity index (χ4n) is 5.01. The SMILES string of the molecule is COc1ccc2cc([C@H]3CCN(C[C@H](O)COc4cccc5[nH]c(C(N)=O)cc45)[C@H](C)C3)sc2c1. The second-order valence-corrected chi connectivity index (χ2v) is 10.5. The highest BCUT2D eigenvalue weighted by Gasteiger charge is 2.29. The number of likely N-dealkylation sites (tertiary alicyclic amines) is 1. The third-order valence-electron chi connectivity index (χ3n) is 6.93. The van der Waals surface area contributed by atoms with E-state index in [2.05, 4.69) is 35.0 Å². The number of β-amino-alcohol motifs (C(OH)–C–C–N with tert-alkyl or cyclic N) is 1. The predicted molar refractivity (Wildman–Crippen MR) is 140 cm³/mol. The third-order valence-corrected chi connectivity index (χ3v) is 8.19. The van der Waals surface area contributed by atoms with Crippen LogP contribution >= 0.6 is 11.3 Å². The quantitative estimate of drug-likeness (QED) is 0.336. The van der Waals surface area contributed by atoms with Crippen LogP contribution in [-0.4, -0.2) is 59.8 Å². The molecule has 0 spiro atoms. The van der Waals surface area contributed by atoms with E-state index in [0.29, 0.717) is 29.9 Å². The molecule has 3 heterocycles. The van der Waals surface area contributed by atoms with Crippen LogP contribution in [0.2, 0.25) is 0 Å². The molecule has 0 radical (unpaired) electrons. The zero-order valence-electron chi connectivity index (χ0n) is 20.0. The molecule has 0 unspecified atom stereocenters. The molecule has 35 heavy (non-hydrogen) atoms. The molecule has 0 saturated carbocycles. The van der Waals surface area contributed by atoms with Crippen LogP contribution in [0.5, 0.6) is 11.5 Å². The van der Waals surface area contributed by atoms with Crippen molar-refractivity contribution >= 4 is 38.2 Å². The first-order valence-electron chi connectivity index (χ1n) is 11.9. The van der Waals surface area contributed by atoms with Gasteiger partial charge < -0.3 is 25.3 Å². The Bertz CT molecular complexity index is 1350. The van der Waals surface area contributed by atoms with Gasteiger partial charge in [0.05, 0.1) is 7.11 Å². The van der Waals surface area contributed by atoms with Gasteiger partial charge in [-0.15, -0.1) is 11.3 Å². The summed E-state index contributed by atoms with van der Waals surface area (Å²) >= 11 is 1.86. The van der Waals surface area contributed by atoms with Gasteiger partial charge in [0.1, 0.15) is 29.9 Å². The minimum atomic E-state index is -0.615. The Morgan fingerprint density at radius 1 is 1.29 bits per heavy atom. The molecule has 184 valence electrons. The van der Waals surface area contributed by atoms with Gasteiger partial charge in [-0.25, -0.2) is 0 Å². The van der Waals surface area contributed by atoms with Crippen LogP contribution < -0.4 is 15.2 Å². The van der Waals surface area contributed by atoms with Gasteiger partial charge >= 0.3 is 0 Å². The molecule has 0 aliphatic carbocycles. The summed E-state index contributed by atoms with van der Waals surface area (Å²) in [5.41, 5.74) is 6.50. The molecule has 4 aromatic rings. The van der Waals surface area contributed by atoms with Crippen LogP contribution in [0.4, 0.5) is 0 Å². The van der Waals surface area contributed by atoms with Crippen molar-refractivity contribution in [3.8, 4) is 11.5 Å². The molecule has 2 aromatic carbocycles. The monoisotopic (exact) mass is 493 g/mol. The fraction of sp³-hybridized carbons (Fsp3) is 0.370. The van der Waals surface area contributed by atoms with Crippen LogP contribution in [0, 0.1) is 0 Å². The third kappa shape index (κ3) is 5.00. The van der Waals surface area contributed by atoms with Crippen LogP contribution in [-0.2, 0) is 0 Å². The highest BCUT2D eigenvalue weighted by Crippen LogP contribution is 2.39. The molecule has 4 N–H and O–H groups in total. The van der Waals surface area contributed by atoms with E-state index >= 15 is 0 Å². The number of ether oxygens (including phenoxy) is 2. The largest absolute Gasteiger partial charge is 0.497 e. The van der Waals surface area contributed by atoms with E-state index in [-0.39, 0.29) is 6.61 Å². The van der Waals surface area contributed by atoms with Crippen molar-refractivity contribution in [3.05, 3.63) is 59.1 Å². The lowest BCUT2D eigenvalue weighted by Crippen LogP contribution is -2.45. The normalized spacial score (nSPS) is 19.7. The second-order valence-electron chi connectivity index (χ2n) is 9.35. The van der Waals surface area contributed by atoms with Crippen LogP contribution in [0.25, 0.3) is 21.0 Å². The number of nitrogens with two attached hydrogens (primary N) is 1. The highest BCUT2D eigenvalue weighted by molar-refractivity contribution is 7.19. The van der Waals surface area contributed by atoms with E-state index in [4.69, 9.17) is 15.2 Å². The summed E-state index contributed by atoms with van der Waals surface area (Å²) in [7, 11) is 1.70. The number of nitrogens with one attached hydrogen (secondary N) is 1. The second kappa shape index (κ2) is 9.89. The number of aliphatic hydroxyl groups is 1. The number of aromatic amines is 1. The number of carbonyl (C=O) groups excluding carboxylic acids is 1. The molecule has 1 fully saturated rings. The van der Waals surface area contributed by atoms with E-state index < -0.39 is 12.0 Å². The molecule has 1 aliphatic rings. The lowest BCUT2D eigenvalue weighted by atomic mass is 9.90. The van der Waals surface area contributed by atoms with Gasteiger partial charge in [0.25, 0.3) is 5.91 Å². The van der Waals surface area contributed by atoms with Gasteiger partial charge in [0, 0.05) is 33.1 Å². The van der Waals surface area contributed by atoms with Gasteiger partial charge in [0.15, 0.2) is 0 Å². The number of thiophene rings is 1.